The van der Waals surface area contributed by atoms with Gasteiger partial charge in [0.15, 0.2) is 0 Å². The molecule has 0 nitrogen and oxygen atoms in total. The highest BCUT2D eigenvalue weighted by Gasteiger charge is 2.11. The lowest BCUT2D eigenvalue weighted by atomic mass is 9.91. The largest absolute Gasteiger partial charge is 0.0654 e. The van der Waals surface area contributed by atoms with E-state index >= 15 is 0 Å². The van der Waals surface area contributed by atoms with Crippen LogP contribution < -0.4 is 0 Å². The lowest BCUT2D eigenvalue weighted by molar-refractivity contribution is 0.795. The van der Waals surface area contributed by atoms with Crippen molar-refractivity contribution in [3.05, 3.63) is 101 Å². The van der Waals surface area contributed by atoms with Crippen LogP contribution in [0.2, 0.25) is 0 Å². The van der Waals surface area contributed by atoms with E-state index in [1.54, 1.807) is 0 Å². The Kier molecular flexibility index (Phi) is 6.66. The molecule has 0 N–H and O–H groups in total. The van der Waals surface area contributed by atoms with Gasteiger partial charge in [0.1, 0.15) is 0 Å². The van der Waals surface area contributed by atoms with Crippen LogP contribution in [0.5, 0.6) is 0 Å². The van der Waals surface area contributed by atoms with Crippen LogP contribution in [0.1, 0.15) is 61.8 Å². The Balaban J connectivity index is 1.91. The van der Waals surface area contributed by atoms with Crippen molar-refractivity contribution in [2.24, 2.45) is 0 Å². The fourth-order valence-corrected chi connectivity index (χ4v) is 3.48. The van der Waals surface area contributed by atoms with E-state index in [1.165, 1.54) is 71.9 Å². The third-order valence-electron chi connectivity index (χ3n) is 5.07. The molecule has 134 valence electrons. The lowest BCUT2D eigenvalue weighted by Crippen LogP contribution is -1.94. The predicted octanol–water partition coefficient (Wildman–Crippen LogP) is 7.30. The van der Waals surface area contributed by atoms with E-state index in [1.807, 2.05) is 0 Å². The molecular formula is C26H30. The van der Waals surface area contributed by atoms with Gasteiger partial charge in [-0.2, -0.15) is 0 Å². The van der Waals surface area contributed by atoms with Crippen molar-refractivity contribution in [3.8, 4) is 0 Å². The summed E-state index contributed by atoms with van der Waals surface area (Å²) in [6.07, 6.45) is 16.0. The summed E-state index contributed by atoms with van der Waals surface area (Å²) in [6, 6.07) is 18.3. The van der Waals surface area contributed by atoms with E-state index in [0.717, 1.165) is 0 Å². The van der Waals surface area contributed by atoms with Crippen molar-refractivity contribution in [3.63, 3.8) is 0 Å². The number of unbranched alkanes of at least 4 members (excludes halogenated alkanes) is 2. The normalized spacial score (nSPS) is 12.8. The quantitative estimate of drug-likeness (QED) is 0.472. The molecule has 0 saturated carbocycles. The summed E-state index contributed by atoms with van der Waals surface area (Å²) in [4.78, 5) is 0. The van der Waals surface area contributed by atoms with E-state index in [9.17, 15) is 0 Å². The zero-order valence-electron chi connectivity index (χ0n) is 16.2. The van der Waals surface area contributed by atoms with Gasteiger partial charge in [0.25, 0.3) is 0 Å². The van der Waals surface area contributed by atoms with Crippen molar-refractivity contribution < 1.29 is 0 Å². The summed E-state index contributed by atoms with van der Waals surface area (Å²) in [6.45, 7) is 4.50. The summed E-state index contributed by atoms with van der Waals surface area (Å²) >= 11 is 0. The molecule has 0 fully saturated rings. The maximum atomic E-state index is 2.30. The summed E-state index contributed by atoms with van der Waals surface area (Å²) in [7, 11) is 0. The lowest BCUT2D eigenvalue weighted by Gasteiger charge is -2.13. The minimum Gasteiger partial charge on any atom is -0.0654 e. The molecule has 0 aliphatic heterocycles. The number of hydrogen-bond donors (Lipinski definition) is 0. The van der Waals surface area contributed by atoms with Crippen LogP contribution in [0, 0.1) is 0 Å². The fourth-order valence-electron chi connectivity index (χ4n) is 3.48. The summed E-state index contributed by atoms with van der Waals surface area (Å²) in [5.74, 6) is 0. The smallest absolute Gasteiger partial charge is 0.00389 e. The molecule has 2 aromatic rings. The Hall–Kier alpha value is -2.34. The first-order valence-electron chi connectivity index (χ1n) is 10.1. The average molecular weight is 343 g/mol. The third-order valence-corrected chi connectivity index (χ3v) is 5.07. The molecule has 0 aromatic heterocycles. The monoisotopic (exact) mass is 342 g/mol. The van der Waals surface area contributed by atoms with E-state index in [0.29, 0.717) is 0 Å². The molecule has 1 aliphatic rings. The van der Waals surface area contributed by atoms with Gasteiger partial charge in [-0.1, -0.05) is 99.5 Å². The van der Waals surface area contributed by atoms with E-state index in [-0.39, 0.29) is 0 Å². The van der Waals surface area contributed by atoms with Crippen molar-refractivity contribution in [1.29, 1.82) is 0 Å². The molecule has 0 bridgehead atoms. The van der Waals surface area contributed by atoms with Crippen molar-refractivity contribution >= 4 is 5.57 Å². The van der Waals surface area contributed by atoms with Crippen LogP contribution in [-0.2, 0) is 12.8 Å². The molecule has 0 amide bonds. The molecule has 2 aromatic carbocycles. The van der Waals surface area contributed by atoms with Crippen molar-refractivity contribution in [2.45, 2.75) is 52.4 Å². The minimum absolute atomic E-state index is 1.18. The summed E-state index contributed by atoms with van der Waals surface area (Å²) in [5, 5.41) is 0. The molecule has 0 radical (unpaired) electrons. The first-order valence-corrected chi connectivity index (χ1v) is 10.1. The van der Waals surface area contributed by atoms with Crippen LogP contribution in [-0.4, -0.2) is 0 Å². The van der Waals surface area contributed by atoms with Crippen LogP contribution in [0.4, 0.5) is 0 Å². The Morgan fingerprint density at radius 2 is 1.04 bits per heavy atom. The first kappa shape index (κ1) is 18.5. The second kappa shape index (κ2) is 9.38. The number of rotatable bonds is 8. The Morgan fingerprint density at radius 3 is 1.42 bits per heavy atom. The van der Waals surface area contributed by atoms with E-state index in [2.05, 4.69) is 86.7 Å². The van der Waals surface area contributed by atoms with Gasteiger partial charge in [-0.05, 0) is 59.1 Å². The molecule has 0 heterocycles. The topological polar surface area (TPSA) is 0 Å². The molecule has 0 spiro atoms. The molecular weight excluding hydrogens is 312 g/mol. The minimum atomic E-state index is 1.18. The van der Waals surface area contributed by atoms with Gasteiger partial charge in [0, 0.05) is 0 Å². The molecule has 0 atom stereocenters. The molecule has 0 heteroatoms. The van der Waals surface area contributed by atoms with Crippen LogP contribution in [0.15, 0.2) is 78.4 Å². The summed E-state index contributed by atoms with van der Waals surface area (Å²) in [5.41, 5.74) is 8.11. The number of aryl methyl sites for hydroxylation is 2. The third kappa shape index (κ3) is 4.64. The fraction of sp³-hybridized carbons (Fsp3) is 0.308. The van der Waals surface area contributed by atoms with Crippen LogP contribution >= 0.6 is 0 Å². The Bertz CT molecular complexity index is 715. The van der Waals surface area contributed by atoms with Gasteiger partial charge in [-0.15, -0.1) is 0 Å². The summed E-state index contributed by atoms with van der Waals surface area (Å²) < 4.78 is 0. The van der Waals surface area contributed by atoms with Gasteiger partial charge in [0.05, 0.1) is 0 Å². The predicted molar refractivity (Wildman–Crippen MR) is 114 cm³/mol. The van der Waals surface area contributed by atoms with Gasteiger partial charge in [-0.25, -0.2) is 0 Å². The van der Waals surface area contributed by atoms with E-state index in [4.69, 9.17) is 0 Å². The standard InChI is InChI=1S/C26H30/c1-3-5-9-21-13-17-24(18-14-21)26(23-11-7-8-12-23)25-19-15-22(16-20-25)10-6-4-2/h7-8,11-20H,3-6,9-10H2,1-2H3. The van der Waals surface area contributed by atoms with Gasteiger partial charge >= 0.3 is 0 Å². The van der Waals surface area contributed by atoms with Crippen molar-refractivity contribution in [2.75, 3.05) is 0 Å². The van der Waals surface area contributed by atoms with Crippen LogP contribution in [0.3, 0.4) is 0 Å². The molecule has 0 unspecified atom stereocenters. The maximum Gasteiger partial charge on any atom is -0.00389 e. The van der Waals surface area contributed by atoms with Gasteiger partial charge in [0.2, 0.25) is 0 Å². The Morgan fingerprint density at radius 1 is 0.615 bits per heavy atom. The zero-order chi connectivity index (χ0) is 18.2. The second-order valence-electron chi connectivity index (χ2n) is 7.15. The zero-order valence-corrected chi connectivity index (χ0v) is 16.2. The number of benzene rings is 2. The molecule has 3 rings (SSSR count). The van der Waals surface area contributed by atoms with Crippen LogP contribution in [0.25, 0.3) is 5.57 Å². The number of allylic oxidation sites excluding steroid dienone is 5. The highest BCUT2D eigenvalue weighted by Crippen LogP contribution is 2.30. The average Bonchev–Trinajstić information content (AvgIpc) is 3.21. The maximum absolute atomic E-state index is 2.30. The van der Waals surface area contributed by atoms with Gasteiger partial charge < -0.3 is 0 Å². The number of hydrogen-bond acceptors (Lipinski definition) is 0. The highest BCUT2D eigenvalue weighted by molar-refractivity contribution is 5.86. The molecule has 0 saturated heterocycles. The Labute approximate surface area is 159 Å². The first-order chi connectivity index (χ1) is 12.8. The SMILES string of the molecule is CCCCc1ccc(C(=C2C=CC=C2)c2ccc(CCCC)cc2)cc1. The molecule has 1 aliphatic carbocycles. The van der Waals surface area contributed by atoms with Gasteiger partial charge in [-0.3, -0.25) is 0 Å². The second-order valence-corrected chi connectivity index (χ2v) is 7.15. The van der Waals surface area contributed by atoms with Crippen molar-refractivity contribution in [1.82, 2.24) is 0 Å². The highest BCUT2D eigenvalue weighted by atomic mass is 14.1. The molecule has 26 heavy (non-hydrogen) atoms. The van der Waals surface area contributed by atoms with E-state index < -0.39 is 0 Å².